The van der Waals surface area contributed by atoms with Gasteiger partial charge in [-0.2, -0.15) is 0 Å². The first-order valence-corrected chi connectivity index (χ1v) is 11.1. The van der Waals surface area contributed by atoms with Gasteiger partial charge in [-0.15, -0.1) is 11.3 Å². The molecule has 5 N–H and O–H groups in total. The Labute approximate surface area is 185 Å². The molecule has 1 aromatic carbocycles. The number of nitrogens with zero attached hydrogens (tertiary/aromatic N) is 3. The third-order valence-electron chi connectivity index (χ3n) is 5.20. The minimum Gasteiger partial charge on any atom is -0.398 e. The van der Waals surface area contributed by atoms with Crippen molar-refractivity contribution < 1.29 is 9.90 Å². The fraction of sp³-hybridized carbons (Fsp3) is 0.364. The third-order valence-corrected chi connectivity index (χ3v) is 6.40. The van der Waals surface area contributed by atoms with Crippen LogP contribution in [0.4, 0.5) is 17.2 Å². The van der Waals surface area contributed by atoms with Crippen LogP contribution in [0.1, 0.15) is 35.8 Å². The number of carbonyl (C=O) groups excluding carboxylic acids is 1. The molecule has 9 heteroatoms. The number of nitrogens with one attached hydrogen (secondary N) is 2. The van der Waals surface area contributed by atoms with E-state index in [9.17, 15) is 4.79 Å². The van der Waals surface area contributed by atoms with E-state index in [1.54, 1.807) is 17.7 Å². The van der Waals surface area contributed by atoms with Crippen molar-refractivity contribution in [1.29, 1.82) is 5.41 Å². The highest BCUT2D eigenvalue weighted by Crippen LogP contribution is 2.38. The Morgan fingerprint density at radius 3 is 2.81 bits per heavy atom. The lowest BCUT2D eigenvalue weighted by Crippen LogP contribution is -2.24. The lowest BCUT2D eigenvalue weighted by atomic mass is 9.97. The van der Waals surface area contributed by atoms with Crippen molar-refractivity contribution in [2.45, 2.75) is 32.6 Å². The smallest absolute Gasteiger partial charge is 0.209 e. The molecule has 0 fully saturated rings. The number of benzene rings is 1. The third kappa shape index (κ3) is 5.36. The number of aromatic nitrogens is 2. The Bertz CT molecular complexity index is 1050. The molecule has 3 aromatic rings. The van der Waals surface area contributed by atoms with Gasteiger partial charge in [-0.05, 0) is 56.4 Å². The fourth-order valence-electron chi connectivity index (χ4n) is 3.51. The predicted octanol–water partition coefficient (Wildman–Crippen LogP) is 3.35. The van der Waals surface area contributed by atoms with Crippen molar-refractivity contribution in [3.05, 3.63) is 40.5 Å². The van der Waals surface area contributed by atoms with Crippen molar-refractivity contribution in [3.8, 4) is 0 Å². The second-order valence-electron chi connectivity index (χ2n) is 7.18. The van der Waals surface area contributed by atoms with Crippen LogP contribution < -0.4 is 11.1 Å². The first kappa shape index (κ1) is 22.6. The van der Waals surface area contributed by atoms with Crippen LogP contribution in [0.5, 0.6) is 0 Å². The number of likely N-dealkylation sites (N-methyl/N-ethyl adjacent to an activating group) is 1. The van der Waals surface area contributed by atoms with Crippen LogP contribution in [0.2, 0.25) is 0 Å². The summed E-state index contributed by atoms with van der Waals surface area (Å²) in [7, 11) is 0. The maximum absolute atomic E-state index is 9.94. The van der Waals surface area contributed by atoms with E-state index in [1.165, 1.54) is 34.4 Å². The molecule has 0 unspecified atom stereocenters. The maximum atomic E-state index is 9.94. The summed E-state index contributed by atoms with van der Waals surface area (Å²) in [6.45, 7) is 3.03. The average molecular weight is 441 g/mol. The van der Waals surface area contributed by atoms with Crippen LogP contribution in [0, 0.1) is 5.41 Å². The molecule has 0 aliphatic heterocycles. The summed E-state index contributed by atoms with van der Waals surface area (Å²) in [5, 5.41) is 20.3. The van der Waals surface area contributed by atoms with Gasteiger partial charge in [-0.1, -0.05) is 0 Å². The molecule has 2 heterocycles. The molecule has 164 valence electrons. The number of amides is 1. The predicted molar refractivity (Wildman–Crippen MR) is 126 cm³/mol. The van der Waals surface area contributed by atoms with Gasteiger partial charge in [0.25, 0.3) is 0 Å². The van der Waals surface area contributed by atoms with E-state index >= 15 is 0 Å². The van der Waals surface area contributed by atoms with Gasteiger partial charge in [-0.3, -0.25) is 4.79 Å². The number of aryl methyl sites for hydroxylation is 2. The molecule has 31 heavy (non-hydrogen) atoms. The molecule has 1 aliphatic rings. The first-order valence-electron chi connectivity index (χ1n) is 10.3. The van der Waals surface area contributed by atoms with Crippen molar-refractivity contribution in [1.82, 2.24) is 14.9 Å². The molecule has 2 aromatic heterocycles. The van der Waals surface area contributed by atoms with E-state index in [0.717, 1.165) is 41.0 Å². The standard InChI is InChI=1S/C17H17N5S.C5H11NO2/c18-8-10-7-11(5-6-13(10)19)22-16-15-12-3-1-2-4-14(12)23-17(15)21-9-20-16;1-2-6(5-8)3-4-7/h5-9,18H,1-4,19H2,(H,20,21,22);5,7H,2-4H2,1H3. The Balaban J connectivity index is 0.000000293. The summed E-state index contributed by atoms with van der Waals surface area (Å²) in [5.74, 6) is 0.843. The first-order chi connectivity index (χ1) is 15.1. The van der Waals surface area contributed by atoms with Gasteiger partial charge in [0, 0.05) is 41.1 Å². The van der Waals surface area contributed by atoms with Crippen LogP contribution in [0.25, 0.3) is 10.2 Å². The zero-order chi connectivity index (χ0) is 22.2. The van der Waals surface area contributed by atoms with E-state index in [0.29, 0.717) is 24.3 Å². The molecule has 4 rings (SSSR count). The molecule has 8 nitrogen and oxygen atoms in total. The Kier molecular flexibility index (Phi) is 7.91. The van der Waals surface area contributed by atoms with E-state index in [1.807, 2.05) is 25.1 Å². The average Bonchev–Trinajstić information content (AvgIpc) is 3.19. The normalized spacial score (nSPS) is 12.5. The number of aliphatic hydroxyl groups is 1. The van der Waals surface area contributed by atoms with E-state index < -0.39 is 0 Å². The number of aliphatic hydroxyl groups excluding tert-OH is 1. The van der Waals surface area contributed by atoms with Gasteiger partial charge in [0.1, 0.15) is 17.0 Å². The van der Waals surface area contributed by atoms with Crippen molar-refractivity contribution in [3.63, 3.8) is 0 Å². The maximum Gasteiger partial charge on any atom is 0.209 e. The number of nitrogen functional groups attached to an aromatic ring is 1. The largest absolute Gasteiger partial charge is 0.398 e. The highest BCUT2D eigenvalue weighted by atomic mass is 32.1. The van der Waals surface area contributed by atoms with Crippen LogP contribution in [-0.4, -0.2) is 52.3 Å². The summed E-state index contributed by atoms with van der Waals surface area (Å²) in [5.41, 5.74) is 9.45. The summed E-state index contributed by atoms with van der Waals surface area (Å²) >= 11 is 1.79. The Morgan fingerprint density at radius 1 is 1.32 bits per heavy atom. The van der Waals surface area contributed by atoms with Crippen LogP contribution >= 0.6 is 11.3 Å². The Hall–Kier alpha value is -3.04. The number of anilines is 3. The summed E-state index contributed by atoms with van der Waals surface area (Å²) in [4.78, 5) is 22.8. The summed E-state index contributed by atoms with van der Waals surface area (Å²) in [6, 6.07) is 5.59. The molecular formula is C22H28N6O2S. The van der Waals surface area contributed by atoms with E-state index in [-0.39, 0.29) is 6.61 Å². The lowest BCUT2D eigenvalue weighted by Gasteiger charge is -2.13. The van der Waals surface area contributed by atoms with Gasteiger partial charge in [0.2, 0.25) is 6.41 Å². The van der Waals surface area contributed by atoms with Crippen LogP contribution in [0.3, 0.4) is 0 Å². The van der Waals surface area contributed by atoms with Crippen molar-refractivity contribution >= 4 is 51.4 Å². The van der Waals surface area contributed by atoms with Crippen molar-refractivity contribution in [2.75, 3.05) is 30.7 Å². The Morgan fingerprint density at radius 2 is 2.13 bits per heavy atom. The zero-order valence-electron chi connectivity index (χ0n) is 17.6. The number of carbonyl (C=O) groups is 1. The molecule has 0 bridgehead atoms. The lowest BCUT2D eigenvalue weighted by molar-refractivity contribution is -0.118. The molecule has 1 amide bonds. The molecule has 0 saturated carbocycles. The number of thiophene rings is 1. The number of rotatable bonds is 7. The van der Waals surface area contributed by atoms with Gasteiger partial charge < -0.3 is 26.5 Å². The molecule has 0 atom stereocenters. The summed E-state index contributed by atoms with van der Waals surface area (Å²) in [6.07, 6.45) is 8.35. The number of hydrogen-bond donors (Lipinski definition) is 4. The van der Waals surface area contributed by atoms with E-state index in [4.69, 9.17) is 16.2 Å². The molecule has 0 saturated heterocycles. The quantitative estimate of drug-likeness (QED) is 0.253. The zero-order valence-corrected chi connectivity index (χ0v) is 18.4. The van der Waals surface area contributed by atoms with Gasteiger partial charge in [0.05, 0.1) is 12.0 Å². The minimum atomic E-state index is 0.0482. The van der Waals surface area contributed by atoms with Crippen LogP contribution in [-0.2, 0) is 17.6 Å². The molecule has 0 radical (unpaired) electrons. The number of hydrogen-bond acceptors (Lipinski definition) is 8. The second kappa shape index (κ2) is 10.8. The SMILES string of the molecule is CCN(C=O)CCO.N=Cc1cc(Nc2ncnc3sc4c(c23)CCCC4)ccc1N. The monoisotopic (exact) mass is 440 g/mol. The van der Waals surface area contributed by atoms with Gasteiger partial charge in [-0.25, -0.2) is 9.97 Å². The topological polar surface area (TPSA) is 128 Å². The second-order valence-corrected chi connectivity index (χ2v) is 8.27. The van der Waals surface area contributed by atoms with Crippen LogP contribution in [0.15, 0.2) is 24.5 Å². The minimum absolute atomic E-state index is 0.0482. The molecular weight excluding hydrogens is 412 g/mol. The summed E-state index contributed by atoms with van der Waals surface area (Å²) < 4.78 is 0. The highest BCUT2D eigenvalue weighted by molar-refractivity contribution is 7.19. The molecule has 0 spiro atoms. The number of nitrogens with two attached hydrogens (primary N) is 1. The molecule has 1 aliphatic carbocycles. The van der Waals surface area contributed by atoms with Gasteiger partial charge >= 0.3 is 0 Å². The van der Waals surface area contributed by atoms with Crippen molar-refractivity contribution in [2.24, 2.45) is 0 Å². The van der Waals surface area contributed by atoms with Gasteiger partial charge in [0.15, 0.2) is 0 Å². The van der Waals surface area contributed by atoms with E-state index in [2.05, 4.69) is 15.3 Å². The number of fused-ring (bicyclic) bond motifs is 3. The fourth-order valence-corrected chi connectivity index (χ4v) is 4.74. The highest BCUT2D eigenvalue weighted by Gasteiger charge is 2.19.